The summed E-state index contributed by atoms with van der Waals surface area (Å²) in [5.74, 6) is 6.69. The third kappa shape index (κ3) is 19.3. The van der Waals surface area contributed by atoms with E-state index in [-0.39, 0.29) is 18.6 Å². The lowest BCUT2D eigenvalue weighted by Crippen LogP contribution is -2.34. The Balaban J connectivity index is 3.20. The van der Waals surface area contributed by atoms with E-state index in [1.54, 1.807) is 0 Å². The molecule has 0 radical (unpaired) electrons. The van der Waals surface area contributed by atoms with E-state index in [4.69, 9.17) is 5.11 Å². The van der Waals surface area contributed by atoms with Gasteiger partial charge >= 0.3 is 0 Å². The van der Waals surface area contributed by atoms with Crippen LogP contribution in [0.4, 0.5) is 0 Å². The van der Waals surface area contributed by atoms with Gasteiger partial charge in [0.05, 0.1) is 6.61 Å². The van der Waals surface area contributed by atoms with Crippen LogP contribution in [0.3, 0.4) is 0 Å². The van der Waals surface area contributed by atoms with Gasteiger partial charge in [-0.3, -0.25) is 4.79 Å². The topological polar surface area (TPSA) is 49.3 Å². The number of unbranched alkanes of at least 4 members (excludes halogenated alkanes) is 13. The van der Waals surface area contributed by atoms with Crippen molar-refractivity contribution in [1.82, 2.24) is 5.32 Å². The second-order valence-electron chi connectivity index (χ2n) is 7.50. The van der Waals surface area contributed by atoms with Crippen molar-refractivity contribution in [3.63, 3.8) is 0 Å². The lowest BCUT2D eigenvalue weighted by molar-refractivity contribution is -0.122. The summed E-state index contributed by atoms with van der Waals surface area (Å²) in [6.07, 6.45) is 19.2. The van der Waals surface area contributed by atoms with Crippen LogP contribution < -0.4 is 5.32 Å². The maximum absolute atomic E-state index is 11.5. The zero-order valence-electron chi connectivity index (χ0n) is 17.5. The van der Waals surface area contributed by atoms with Gasteiger partial charge in [0, 0.05) is 25.3 Å². The lowest BCUT2D eigenvalue weighted by atomic mass is 10.1. The monoisotopic (exact) mass is 365 g/mol. The number of aliphatic hydroxyl groups excluding tert-OH is 1. The molecule has 0 aliphatic rings. The Morgan fingerprint density at radius 1 is 0.808 bits per heavy atom. The van der Waals surface area contributed by atoms with Crippen LogP contribution in [0.2, 0.25) is 0 Å². The normalized spacial score (nSPS) is 11.7. The minimum Gasteiger partial charge on any atom is -0.394 e. The number of aliphatic hydroxyl groups is 1. The summed E-state index contributed by atoms with van der Waals surface area (Å²) in [6.45, 7) is 4.07. The number of rotatable bonds is 17. The van der Waals surface area contributed by atoms with Gasteiger partial charge in [0.25, 0.3) is 0 Å². The highest BCUT2D eigenvalue weighted by atomic mass is 16.3. The minimum atomic E-state index is -0.126. The largest absolute Gasteiger partial charge is 0.394 e. The van der Waals surface area contributed by atoms with E-state index in [2.05, 4.69) is 24.1 Å². The summed E-state index contributed by atoms with van der Waals surface area (Å²) >= 11 is 0. The number of carbonyl (C=O) groups excluding carboxylic acids is 1. The zero-order chi connectivity index (χ0) is 19.3. The number of nitrogens with one attached hydrogen (secondary N) is 1. The molecule has 0 bridgehead atoms. The quantitative estimate of drug-likeness (QED) is 0.255. The fourth-order valence-electron chi connectivity index (χ4n) is 2.95. The van der Waals surface area contributed by atoms with E-state index in [1.807, 2.05) is 6.92 Å². The number of carbonyl (C=O) groups is 1. The van der Waals surface area contributed by atoms with Gasteiger partial charge < -0.3 is 10.4 Å². The molecule has 1 amide bonds. The lowest BCUT2D eigenvalue weighted by Gasteiger charge is -2.10. The van der Waals surface area contributed by atoms with Crippen molar-refractivity contribution in [3.8, 4) is 11.8 Å². The van der Waals surface area contributed by atoms with E-state index >= 15 is 0 Å². The van der Waals surface area contributed by atoms with Crippen molar-refractivity contribution in [2.45, 2.75) is 123 Å². The van der Waals surface area contributed by atoms with E-state index in [1.165, 1.54) is 70.6 Å². The van der Waals surface area contributed by atoms with Gasteiger partial charge in [0.1, 0.15) is 0 Å². The molecule has 0 aromatic carbocycles. The Kier molecular flexibility index (Phi) is 19.5. The van der Waals surface area contributed by atoms with E-state index < -0.39 is 0 Å². The average molecular weight is 366 g/mol. The van der Waals surface area contributed by atoms with Gasteiger partial charge in [-0.2, -0.15) is 0 Å². The molecule has 1 atom stereocenters. The molecule has 0 aromatic heterocycles. The highest BCUT2D eigenvalue weighted by molar-refractivity contribution is 5.76. The minimum absolute atomic E-state index is 0.0113. The van der Waals surface area contributed by atoms with Crippen LogP contribution in [0.15, 0.2) is 0 Å². The number of amides is 1. The van der Waals surface area contributed by atoms with E-state index in [0.29, 0.717) is 6.42 Å². The Labute approximate surface area is 162 Å². The highest BCUT2D eigenvalue weighted by Crippen LogP contribution is 2.11. The van der Waals surface area contributed by atoms with Gasteiger partial charge in [-0.1, -0.05) is 71.1 Å². The third-order valence-electron chi connectivity index (χ3n) is 4.67. The summed E-state index contributed by atoms with van der Waals surface area (Å²) in [4.78, 5) is 11.5. The standard InChI is InChI=1S/C23H43NO2/c1-3-4-5-6-7-8-9-10-11-12-13-14-15-16-17-18-19-20-23(26)24-22(2)21-25/h22,25H,3-7,10-21H2,1-2H3,(H,24,26). The first kappa shape index (κ1) is 25.0. The molecule has 0 heterocycles. The fraction of sp³-hybridized carbons (Fsp3) is 0.870. The second-order valence-corrected chi connectivity index (χ2v) is 7.50. The average Bonchev–Trinajstić information content (AvgIpc) is 2.64. The predicted molar refractivity (Wildman–Crippen MR) is 112 cm³/mol. The molecule has 3 heteroatoms. The van der Waals surface area contributed by atoms with Gasteiger partial charge in [0.2, 0.25) is 5.91 Å². The van der Waals surface area contributed by atoms with Crippen LogP contribution in [-0.4, -0.2) is 23.7 Å². The second kappa shape index (κ2) is 20.3. The molecule has 2 N–H and O–H groups in total. The summed E-state index contributed by atoms with van der Waals surface area (Å²) in [5, 5.41) is 11.7. The van der Waals surface area contributed by atoms with Crippen LogP contribution in [0.25, 0.3) is 0 Å². The Morgan fingerprint density at radius 2 is 1.27 bits per heavy atom. The molecule has 0 aromatic rings. The molecule has 3 nitrogen and oxygen atoms in total. The van der Waals surface area contributed by atoms with Crippen molar-refractivity contribution < 1.29 is 9.90 Å². The fourth-order valence-corrected chi connectivity index (χ4v) is 2.95. The molecule has 0 aliphatic carbocycles. The molecule has 152 valence electrons. The number of hydrogen-bond donors (Lipinski definition) is 2. The first-order valence-corrected chi connectivity index (χ1v) is 11.1. The van der Waals surface area contributed by atoms with Gasteiger partial charge in [-0.05, 0) is 26.2 Å². The van der Waals surface area contributed by atoms with Crippen molar-refractivity contribution in [1.29, 1.82) is 0 Å². The molecule has 0 saturated heterocycles. The molecule has 0 aliphatic heterocycles. The smallest absolute Gasteiger partial charge is 0.220 e. The van der Waals surface area contributed by atoms with Crippen LogP contribution in [0.1, 0.15) is 117 Å². The number of hydrogen-bond acceptors (Lipinski definition) is 2. The SMILES string of the molecule is CCCCCCC#CCCCCCCCCCCCC(=O)NC(C)CO. The molecule has 0 fully saturated rings. The van der Waals surface area contributed by atoms with Crippen molar-refractivity contribution in [2.75, 3.05) is 6.61 Å². The maximum atomic E-state index is 11.5. The van der Waals surface area contributed by atoms with Crippen molar-refractivity contribution in [2.24, 2.45) is 0 Å². The summed E-state index contributed by atoms with van der Waals surface area (Å²) in [5.41, 5.74) is 0. The van der Waals surface area contributed by atoms with Gasteiger partial charge in [-0.15, -0.1) is 11.8 Å². The molecule has 1 unspecified atom stereocenters. The third-order valence-corrected chi connectivity index (χ3v) is 4.67. The van der Waals surface area contributed by atoms with Gasteiger partial charge in [-0.25, -0.2) is 0 Å². The Morgan fingerprint density at radius 3 is 1.77 bits per heavy atom. The highest BCUT2D eigenvalue weighted by Gasteiger charge is 2.05. The van der Waals surface area contributed by atoms with E-state index in [9.17, 15) is 4.79 Å². The Hall–Kier alpha value is -1.01. The van der Waals surface area contributed by atoms with Crippen LogP contribution >= 0.6 is 0 Å². The summed E-state index contributed by atoms with van der Waals surface area (Å²) in [6, 6.07) is -0.126. The first-order chi connectivity index (χ1) is 12.7. The molecular weight excluding hydrogens is 322 g/mol. The van der Waals surface area contributed by atoms with E-state index in [0.717, 1.165) is 25.7 Å². The first-order valence-electron chi connectivity index (χ1n) is 11.1. The predicted octanol–water partition coefficient (Wildman–Crippen LogP) is 5.75. The molecule has 0 saturated carbocycles. The van der Waals surface area contributed by atoms with Crippen LogP contribution in [0.5, 0.6) is 0 Å². The van der Waals surface area contributed by atoms with Crippen molar-refractivity contribution in [3.05, 3.63) is 0 Å². The van der Waals surface area contributed by atoms with Crippen LogP contribution in [0, 0.1) is 11.8 Å². The van der Waals surface area contributed by atoms with Crippen LogP contribution in [-0.2, 0) is 4.79 Å². The maximum Gasteiger partial charge on any atom is 0.220 e. The molecular formula is C23H43NO2. The van der Waals surface area contributed by atoms with Crippen molar-refractivity contribution >= 4 is 5.91 Å². The van der Waals surface area contributed by atoms with Gasteiger partial charge in [0.15, 0.2) is 0 Å². The molecule has 0 spiro atoms. The molecule has 26 heavy (non-hydrogen) atoms. The molecule has 0 rings (SSSR count). The summed E-state index contributed by atoms with van der Waals surface area (Å²) < 4.78 is 0. The summed E-state index contributed by atoms with van der Waals surface area (Å²) in [7, 11) is 0. The zero-order valence-corrected chi connectivity index (χ0v) is 17.5. The Bertz CT molecular complexity index is 370.